The van der Waals surface area contributed by atoms with Gasteiger partial charge in [-0.25, -0.2) is 0 Å². The van der Waals surface area contributed by atoms with E-state index in [2.05, 4.69) is 13.5 Å². The van der Waals surface area contributed by atoms with Crippen molar-refractivity contribution in [3.8, 4) is 0 Å². The number of carbonyl (C=O) groups is 1. The lowest BCUT2D eigenvalue weighted by molar-refractivity contribution is -0.298. The highest BCUT2D eigenvalue weighted by Crippen LogP contribution is 2.73. The van der Waals surface area contributed by atoms with Crippen molar-refractivity contribution in [3.63, 3.8) is 0 Å². The van der Waals surface area contributed by atoms with Gasteiger partial charge in [0, 0.05) is 0 Å². The number of hydrogen-bond donors (Lipinski definition) is 5. The highest BCUT2D eigenvalue weighted by Gasteiger charge is 2.68. The third-order valence-electron chi connectivity index (χ3n) is 10.7. The van der Waals surface area contributed by atoms with Crippen molar-refractivity contribution in [1.82, 2.24) is 0 Å². The molecule has 0 radical (unpaired) electrons. The second-order valence-corrected chi connectivity index (χ2v) is 12.4. The zero-order valence-corrected chi connectivity index (χ0v) is 20.3. The van der Waals surface area contributed by atoms with Crippen molar-refractivity contribution in [1.29, 1.82) is 0 Å². The zero-order chi connectivity index (χ0) is 24.7. The van der Waals surface area contributed by atoms with Gasteiger partial charge in [0.05, 0.1) is 17.6 Å². The lowest BCUT2D eigenvalue weighted by Crippen LogP contribution is -2.62. The Morgan fingerprint density at radius 1 is 1.06 bits per heavy atom. The minimum atomic E-state index is -1.60. The van der Waals surface area contributed by atoms with Gasteiger partial charge in [-0.2, -0.15) is 0 Å². The van der Waals surface area contributed by atoms with Crippen LogP contribution >= 0.6 is 0 Å². The molecule has 5 rings (SSSR count). The molecule has 192 valence electrons. The zero-order valence-electron chi connectivity index (χ0n) is 20.3. The molecule has 0 aromatic rings. The molecule has 0 amide bonds. The summed E-state index contributed by atoms with van der Waals surface area (Å²) in [6.45, 7) is 7.91. The average molecular weight is 481 g/mol. The molecule has 1 spiro atoms. The number of ether oxygens (including phenoxy) is 2. The van der Waals surface area contributed by atoms with Gasteiger partial charge in [-0.05, 0) is 86.5 Å². The maximum atomic E-state index is 13.7. The SMILES string of the molecule is C=C1CC23CCC4[C@@](C)(CCC[C@@]4(C)C(=O)O[C@@H]4O[C@H](CO)[C@@H](O)[C@H](O)[C@H]4O)C2CCC1(O)C3. The van der Waals surface area contributed by atoms with Crippen LogP contribution in [0.3, 0.4) is 0 Å². The molecule has 0 aromatic carbocycles. The number of esters is 1. The van der Waals surface area contributed by atoms with Crippen LogP contribution in [0.5, 0.6) is 0 Å². The number of hydrogen-bond acceptors (Lipinski definition) is 8. The van der Waals surface area contributed by atoms with Gasteiger partial charge < -0.3 is 35.0 Å². The molecule has 4 aliphatic carbocycles. The molecular weight excluding hydrogens is 440 g/mol. The quantitative estimate of drug-likeness (QED) is 0.302. The van der Waals surface area contributed by atoms with Crippen LogP contribution in [0.25, 0.3) is 0 Å². The van der Waals surface area contributed by atoms with Crippen LogP contribution in [0.4, 0.5) is 0 Å². The maximum absolute atomic E-state index is 13.7. The molecule has 1 aliphatic heterocycles. The summed E-state index contributed by atoms with van der Waals surface area (Å²) in [5.41, 5.74) is -0.575. The predicted molar refractivity (Wildman–Crippen MR) is 121 cm³/mol. The summed E-state index contributed by atoms with van der Waals surface area (Å²) in [6.07, 6.45) is 0.422. The highest BCUT2D eigenvalue weighted by molar-refractivity contribution is 5.77. The standard InChI is InChI=1S/C26H40O8/c1-14-11-25-9-5-16-23(2,17(25)6-10-26(14,32)13-25)7-4-8-24(16,3)22(31)34-21-20(30)19(29)18(28)15(12-27)33-21/h15-21,27-30,32H,1,4-13H2,2-3H3/t15-,16?,17?,18-,19+,20-,21+,23-,24-,25?,26?/m1/s1. The van der Waals surface area contributed by atoms with Crippen molar-refractivity contribution in [3.05, 3.63) is 12.2 Å². The van der Waals surface area contributed by atoms with Crippen molar-refractivity contribution in [2.24, 2.45) is 28.1 Å². The fourth-order valence-corrected chi connectivity index (χ4v) is 9.00. The third kappa shape index (κ3) is 3.29. The van der Waals surface area contributed by atoms with Gasteiger partial charge in [-0.3, -0.25) is 4.79 Å². The normalized spacial score (nSPS) is 54.8. The topological polar surface area (TPSA) is 137 Å². The first-order chi connectivity index (χ1) is 15.9. The molecule has 5 fully saturated rings. The number of fused-ring (bicyclic) bond motifs is 3. The molecular formula is C26H40O8. The Hall–Kier alpha value is -1.03. The Labute approximate surface area is 201 Å². The Balaban J connectivity index is 1.39. The van der Waals surface area contributed by atoms with Crippen molar-refractivity contribution >= 4 is 5.97 Å². The molecule has 8 heteroatoms. The van der Waals surface area contributed by atoms with Gasteiger partial charge in [0.15, 0.2) is 0 Å². The molecule has 1 saturated heterocycles. The van der Waals surface area contributed by atoms with Crippen molar-refractivity contribution in [2.45, 2.75) is 108 Å². The van der Waals surface area contributed by atoms with Crippen LogP contribution in [0.2, 0.25) is 0 Å². The summed E-state index contributed by atoms with van der Waals surface area (Å²) in [5.74, 6) is 0.0200. The van der Waals surface area contributed by atoms with Crippen LogP contribution in [0.15, 0.2) is 12.2 Å². The van der Waals surface area contributed by atoms with Crippen LogP contribution in [0.1, 0.15) is 71.6 Å². The molecule has 5 N–H and O–H groups in total. The van der Waals surface area contributed by atoms with Crippen molar-refractivity contribution in [2.75, 3.05) is 6.61 Å². The Morgan fingerprint density at radius 2 is 1.76 bits per heavy atom. The van der Waals surface area contributed by atoms with Gasteiger partial charge in [0.25, 0.3) is 0 Å². The van der Waals surface area contributed by atoms with Crippen LogP contribution in [0, 0.1) is 28.1 Å². The van der Waals surface area contributed by atoms with E-state index in [1.165, 1.54) is 0 Å². The lowest BCUT2D eigenvalue weighted by atomic mass is 9.41. The van der Waals surface area contributed by atoms with Crippen LogP contribution < -0.4 is 0 Å². The largest absolute Gasteiger partial charge is 0.432 e. The van der Waals surface area contributed by atoms with E-state index in [1.807, 2.05) is 6.92 Å². The molecule has 1 heterocycles. The number of carbonyl (C=O) groups excluding carboxylic acids is 1. The summed E-state index contributed by atoms with van der Waals surface area (Å²) in [6, 6.07) is 0. The lowest BCUT2D eigenvalue weighted by Gasteiger charge is -2.63. The van der Waals surface area contributed by atoms with Gasteiger partial charge in [0.1, 0.15) is 24.4 Å². The molecule has 2 bridgehead atoms. The molecule has 0 aromatic heterocycles. The van der Waals surface area contributed by atoms with E-state index in [0.717, 1.165) is 56.9 Å². The Bertz CT molecular complexity index is 860. The van der Waals surface area contributed by atoms with E-state index in [1.54, 1.807) is 0 Å². The fourth-order valence-electron chi connectivity index (χ4n) is 9.00. The number of rotatable bonds is 3. The molecule has 4 unspecified atom stereocenters. The Kier molecular flexibility index (Phi) is 5.79. The van der Waals surface area contributed by atoms with E-state index in [0.29, 0.717) is 12.3 Å². The van der Waals surface area contributed by atoms with E-state index < -0.39 is 54.3 Å². The van der Waals surface area contributed by atoms with Crippen LogP contribution in [-0.4, -0.2) is 74.4 Å². The second kappa shape index (κ2) is 7.98. The van der Waals surface area contributed by atoms with E-state index in [9.17, 15) is 30.3 Å². The Morgan fingerprint density at radius 3 is 2.47 bits per heavy atom. The summed E-state index contributed by atoms with van der Waals surface area (Å²) in [5, 5.41) is 51.1. The fraction of sp³-hybridized carbons (Fsp3) is 0.885. The van der Waals surface area contributed by atoms with Crippen molar-refractivity contribution < 1.29 is 39.8 Å². The summed E-state index contributed by atoms with van der Waals surface area (Å²) in [4.78, 5) is 13.7. The monoisotopic (exact) mass is 480 g/mol. The number of aliphatic hydroxyl groups excluding tert-OH is 4. The molecule has 11 atom stereocenters. The molecule has 4 saturated carbocycles. The smallest absolute Gasteiger partial charge is 0.314 e. The molecule has 8 nitrogen and oxygen atoms in total. The van der Waals surface area contributed by atoms with E-state index in [-0.39, 0.29) is 16.7 Å². The summed E-state index contributed by atoms with van der Waals surface area (Å²) < 4.78 is 11.1. The minimum absolute atomic E-state index is 0.0504. The molecule has 34 heavy (non-hydrogen) atoms. The van der Waals surface area contributed by atoms with E-state index >= 15 is 0 Å². The van der Waals surface area contributed by atoms with Gasteiger partial charge in [0.2, 0.25) is 6.29 Å². The van der Waals surface area contributed by atoms with Crippen LogP contribution in [-0.2, 0) is 14.3 Å². The van der Waals surface area contributed by atoms with Gasteiger partial charge in [-0.1, -0.05) is 19.9 Å². The summed E-state index contributed by atoms with van der Waals surface area (Å²) in [7, 11) is 0. The highest BCUT2D eigenvalue weighted by atomic mass is 16.7. The van der Waals surface area contributed by atoms with Gasteiger partial charge in [-0.15, -0.1) is 0 Å². The predicted octanol–water partition coefficient (Wildman–Crippen LogP) is 1.41. The first-order valence-electron chi connectivity index (χ1n) is 12.8. The number of aliphatic hydroxyl groups is 5. The maximum Gasteiger partial charge on any atom is 0.314 e. The molecule has 5 aliphatic rings. The third-order valence-corrected chi connectivity index (χ3v) is 10.7. The average Bonchev–Trinajstić information content (AvgIpc) is 2.96. The van der Waals surface area contributed by atoms with Gasteiger partial charge >= 0.3 is 5.97 Å². The minimum Gasteiger partial charge on any atom is -0.432 e. The first kappa shape index (κ1) is 24.7. The first-order valence-corrected chi connectivity index (χ1v) is 12.8. The summed E-state index contributed by atoms with van der Waals surface area (Å²) >= 11 is 0. The van der Waals surface area contributed by atoms with E-state index in [4.69, 9.17) is 9.47 Å². The second-order valence-electron chi connectivity index (χ2n) is 12.4.